The Morgan fingerprint density at radius 3 is 1.58 bits per heavy atom. The van der Waals surface area contributed by atoms with E-state index in [4.69, 9.17) is 37.1 Å². The lowest BCUT2D eigenvalue weighted by molar-refractivity contribution is -0.131. The average Bonchev–Trinajstić information content (AvgIpc) is 3.57. The molecule has 2 aromatic heterocycles. The predicted octanol–water partition coefficient (Wildman–Crippen LogP) is 6.60. The van der Waals surface area contributed by atoms with E-state index in [9.17, 15) is 9.59 Å². The SMILES string of the molecule is CCc1nnc(-c2ccc(/C=C/C(=O)O)c(Cl)c2)o1.CCc1nnc(-c2ccc(/C=C/C(C)=O)c(Cl)c2)o1. The van der Waals surface area contributed by atoms with Crippen molar-refractivity contribution in [2.45, 2.75) is 33.6 Å². The van der Waals surface area contributed by atoms with Crippen LogP contribution < -0.4 is 0 Å². The molecule has 0 spiro atoms. The standard InChI is InChI=1S/C14H13ClN2O2.C13H11ClN2O3/c1-3-13-16-17-14(19-13)11-7-6-10(12(15)8-11)5-4-9(2)18;1-2-11-15-16-13(19-11)9-4-3-8(10(14)7-9)5-6-12(17)18/h4-8H,3H2,1-2H3;3-7H,2H2,1H3,(H,17,18)/b5-4+;6-5+. The van der Waals surface area contributed by atoms with Gasteiger partial charge in [-0.15, -0.1) is 20.4 Å². The van der Waals surface area contributed by atoms with Gasteiger partial charge in [-0.3, -0.25) is 4.79 Å². The quantitative estimate of drug-likeness (QED) is 0.239. The number of carbonyl (C=O) groups is 2. The van der Waals surface area contributed by atoms with Crippen molar-refractivity contribution in [1.82, 2.24) is 20.4 Å². The summed E-state index contributed by atoms with van der Waals surface area (Å²) in [5.74, 6) is 0.940. The lowest BCUT2D eigenvalue weighted by Crippen LogP contribution is -1.86. The van der Waals surface area contributed by atoms with Gasteiger partial charge in [0, 0.05) is 40.1 Å². The Labute approximate surface area is 228 Å². The maximum atomic E-state index is 10.9. The Bertz CT molecular complexity index is 1380. The van der Waals surface area contributed by atoms with Crippen LogP contribution >= 0.6 is 23.2 Å². The molecule has 11 heteroatoms. The van der Waals surface area contributed by atoms with Crippen molar-refractivity contribution >= 4 is 47.1 Å². The van der Waals surface area contributed by atoms with Crippen molar-refractivity contribution in [1.29, 1.82) is 0 Å². The van der Waals surface area contributed by atoms with Gasteiger partial charge in [0.05, 0.1) is 0 Å². The second-order valence-corrected chi connectivity index (χ2v) is 8.61. The molecule has 0 amide bonds. The molecule has 0 aliphatic rings. The zero-order chi connectivity index (χ0) is 27.7. The number of aromatic nitrogens is 4. The summed E-state index contributed by atoms with van der Waals surface area (Å²) in [5, 5.41) is 25.2. The summed E-state index contributed by atoms with van der Waals surface area (Å²) < 4.78 is 10.9. The third kappa shape index (κ3) is 7.96. The summed E-state index contributed by atoms with van der Waals surface area (Å²) in [6.45, 7) is 5.35. The number of rotatable bonds is 8. The van der Waals surface area contributed by atoms with Crippen molar-refractivity contribution in [3.05, 3.63) is 81.5 Å². The number of carboxylic acids is 1. The van der Waals surface area contributed by atoms with Crippen LogP contribution in [0.2, 0.25) is 10.0 Å². The maximum absolute atomic E-state index is 10.9. The number of ketones is 1. The van der Waals surface area contributed by atoms with E-state index in [1.807, 2.05) is 26.0 Å². The van der Waals surface area contributed by atoms with Crippen molar-refractivity contribution in [3.8, 4) is 22.9 Å². The van der Waals surface area contributed by atoms with Crippen molar-refractivity contribution < 1.29 is 23.5 Å². The van der Waals surface area contributed by atoms with Gasteiger partial charge in [0.25, 0.3) is 0 Å². The molecule has 2 heterocycles. The minimum atomic E-state index is -1.02. The zero-order valence-electron chi connectivity index (χ0n) is 20.8. The Morgan fingerprint density at radius 1 is 0.789 bits per heavy atom. The average molecular weight is 555 g/mol. The molecule has 38 heavy (non-hydrogen) atoms. The van der Waals surface area contributed by atoms with Crippen molar-refractivity contribution in [2.24, 2.45) is 0 Å². The van der Waals surface area contributed by atoms with E-state index in [-0.39, 0.29) is 5.78 Å². The van der Waals surface area contributed by atoms with Crippen LogP contribution in [0.5, 0.6) is 0 Å². The van der Waals surface area contributed by atoms with Crippen LogP contribution in [0.15, 0.2) is 57.4 Å². The fourth-order valence-corrected chi connectivity index (χ4v) is 3.47. The van der Waals surface area contributed by atoms with Crippen LogP contribution in [0.25, 0.3) is 35.1 Å². The van der Waals surface area contributed by atoms with Crippen LogP contribution in [0.1, 0.15) is 43.7 Å². The van der Waals surface area contributed by atoms with E-state index in [1.54, 1.807) is 30.3 Å². The molecule has 1 N–H and O–H groups in total. The topological polar surface area (TPSA) is 132 Å². The third-order valence-electron chi connectivity index (χ3n) is 4.94. The normalized spacial score (nSPS) is 11.1. The van der Waals surface area contributed by atoms with Crippen LogP contribution in [-0.2, 0) is 22.4 Å². The third-order valence-corrected chi connectivity index (χ3v) is 5.59. The van der Waals surface area contributed by atoms with Gasteiger partial charge in [0.15, 0.2) is 5.78 Å². The largest absolute Gasteiger partial charge is 0.478 e. The highest BCUT2D eigenvalue weighted by Gasteiger charge is 2.10. The molecular weight excluding hydrogens is 531 g/mol. The lowest BCUT2D eigenvalue weighted by atomic mass is 10.1. The van der Waals surface area contributed by atoms with Gasteiger partial charge < -0.3 is 13.9 Å². The Hall–Kier alpha value is -4.08. The Morgan fingerprint density at radius 2 is 1.24 bits per heavy atom. The molecule has 0 atom stereocenters. The second-order valence-electron chi connectivity index (χ2n) is 7.80. The molecule has 0 bridgehead atoms. The molecule has 0 aliphatic heterocycles. The van der Waals surface area contributed by atoms with Crippen molar-refractivity contribution in [3.63, 3.8) is 0 Å². The summed E-state index contributed by atoms with van der Waals surface area (Å²) in [5.41, 5.74) is 2.85. The maximum Gasteiger partial charge on any atom is 0.328 e. The molecular formula is C27H24Cl2N4O5. The predicted molar refractivity (Wildman–Crippen MR) is 145 cm³/mol. The minimum absolute atomic E-state index is 0.0235. The summed E-state index contributed by atoms with van der Waals surface area (Å²) in [7, 11) is 0. The molecule has 0 fully saturated rings. The summed E-state index contributed by atoms with van der Waals surface area (Å²) in [4.78, 5) is 21.3. The number of carbonyl (C=O) groups excluding carboxylic acids is 1. The summed E-state index contributed by atoms with van der Waals surface area (Å²) >= 11 is 12.2. The minimum Gasteiger partial charge on any atom is -0.478 e. The fourth-order valence-electron chi connectivity index (χ4n) is 2.99. The van der Waals surface area contributed by atoms with Crippen LogP contribution in [-0.4, -0.2) is 37.3 Å². The van der Waals surface area contributed by atoms with E-state index < -0.39 is 5.97 Å². The smallest absolute Gasteiger partial charge is 0.328 e. The molecule has 9 nitrogen and oxygen atoms in total. The van der Waals surface area contributed by atoms with Crippen LogP contribution in [0.4, 0.5) is 0 Å². The van der Waals surface area contributed by atoms with E-state index in [0.717, 1.165) is 17.2 Å². The molecule has 0 unspecified atom stereocenters. The van der Waals surface area contributed by atoms with Gasteiger partial charge >= 0.3 is 5.97 Å². The number of hydrogen-bond acceptors (Lipinski definition) is 8. The summed E-state index contributed by atoms with van der Waals surface area (Å²) in [6, 6.07) is 10.5. The molecule has 0 saturated carbocycles. The van der Waals surface area contributed by atoms with Crippen LogP contribution in [0, 0.1) is 0 Å². The molecule has 196 valence electrons. The second kappa shape index (κ2) is 13.5. The Balaban J connectivity index is 0.000000211. The van der Waals surface area contributed by atoms with Gasteiger partial charge in [-0.05, 0) is 60.5 Å². The number of nitrogens with zero attached hydrogens (tertiary/aromatic N) is 4. The number of carboxylic acid groups (broad SMARTS) is 1. The molecule has 2 aromatic carbocycles. The van der Waals surface area contributed by atoms with E-state index in [0.29, 0.717) is 57.6 Å². The van der Waals surface area contributed by atoms with E-state index >= 15 is 0 Å². The number of halogens is 2. The lowest BCUT2D eigenvalue weighted by Gasteiger charge is -2.00. The summed E-state index contributed by atoms with van der Waals surface area (Å²) in [6.07, 6.45) is 6.98. The number of allylic oxidation sites excluding steroid dienone is 1. The van der Waals surface area contributed by atoms with Crippen LogP contribution in [0.3, 0.4) is 0 Å². The highest BCUT2D eigenvalue weighted by atomic mass is 35.5. The van der Waals surface area contributed by atoms with E-state index in [1.165, 1.54) is 19.1 Å². The highest BCUT2D eigenvalue weighted by molar-refractivity contribution is 6.32. The monoisotopic (exact) mass is 554 g/mol. The number of aryl methyl sites for hydroxylation is 2. The van der Waals surface area contributed by atoms with Gasteiger partial charge in [0.2, 0.25) is 23.6 Å². The van der Waals surface area contributed by atoms with Gasteiger partial charge in [0.1, 0.15) is 0 Å². The first-order valence-electron chi connectivity index (χ1n) is 11.5. The molecule has 4 aromatic rings. The van der Waals surface area contributed by atoms with Gasteiger partial charge in [-0.25, -0.2) is 4.79 Å². The number of aliphatic carboxylic acids is 1. The first kappa shape index (κ1) is 28.5. The number of hydrogen-bond donors (Lipinski definition) is 1. The van der Waals surface area contributed by atoms with E-state index in [2.05, 4.69) is 20.4 Å². The fraction of sp³-hybridized carbons (Fsp3) is 0.185. The molecule has 4 rings (SSSR count). The molecule has 0 aliphatic carbocycles. The zero-order valence-corrected chi connectivity index (χ0v) is 22.3. The molecule has 0 radical (unpaired) electrons. The first-order valence-corrected chi connectivity index (χ1v) is 12.3. The van der Waals surface area contributed by atoms with Gasteiger partial charge in [-0.2, -0.15) is 0 Å². The Kier molecular flexibility index (Phi) is 10.1. The molecule has 0 saturated heterocycles. The van der Waals surface area contributed by atoms with Crippen molar-refractivity contribution in [2.75, 3.05) is 0 Å². The van der Waals surface area contributed by atoms with Gasteiger partial charge in [-0.1, -0.05) is 49.2 Å². The number of benzene rings is 2. The highest BCUT2D eigenvalue weighted by Crippen LogP contribution is 2.27. The first-order chi connectivity index (χ1) is 18.2.